The summed E-state index contributed by atoms with van der Waals surface area (Å²) < 4.78 is 20.0. The number of likely N-dealkylation sites (N-methyl/N-ethyl adjacent to an activating group) is 1. The van der Waals surface area contributed by atoms with Gasteiger partial charge in [0.25, 0.3) is 5.91 Å². The highest BCUT2D eigenvalue weighted by Crippen LogP contribution is 2.41. The molecule has 186 valence electrons. The number of halogens is 1. The van der Waals surface area contributed by atoms with E-state index in [4.69, 9.17) is 4.74 Å². The number of amides is 2. The van der Waals surface area contributed by atoms with Crippen molar-refractivity contribution in [3.8, 4) is 5.75 Å². The smallest absolute Gasteiger partial charge is 0.263 e. The van der Waals surface area contributed by atoms with Crippen molar-refractivity contribution in [1.29, 1.82) is 0 Å². The second-order valence-corrected chi connectivity index (χ2v) is 10.0. The average molecular weight is 480 g/mol. The van der Waals surface area contributed by atoms with Crippen molar-refractivity contribution in [2.75, 3.05) is 39.8 Å². The van der Waals surface area contributed by atoms with Crippen LogP contribution in [-0.4, -0.2) is 72.4 Å². The van der Waals surface area contributed by atoms with Crippen molar-refractivity contribution in [2.24, 2.45) is 5.92 Å². The molecule has 1 saturated heterocycles. The van der Waals surface area contributed by atoms with Crippen molar-refractivity contribution in [3.63, 3.8) is 0 Å². The summed E-state index contributed by atoms with van der Waals surface area (Å²) in [4.78, 5) is 32.4. The Morgan fingerprint density at radius 1 is 1.03 bits per heavy atom. The second-order valence-electron chi connectivity index (χ2n) is 10.0. The van der Waals surface area contributed by atoms with Gasteiger partial charge in [0.05, 0.1) is 6.04 Å². The third kappa shape index (κ3) is 5.06. The van der Waals surface area contributed by atoms with Gasteiger partial charge < -0.3 is 19.4 Å². The highest BCUT2D eigenvalue weighted by molar-refractivity contribution is 5.83. The first kappa shape index (κ1) is 23.8. The molecule has 2 unspecified atom stereocenters. The maximum absolute atomic E-state index is 13.7. The number of piperazine rings is 1. The van der Waals surface area contributed by atoms with Crippen LogP contribution in [0.4, 0.5) is 4.39 Å². The summed E-state index contributed by atoms with van der Waals surface area (Å²) in [5, 5.41) is 0. The van der Waals surface area contributed by atoms with E-state index in [1.807, 2.05) is 34.9 Å². The number of carbonyl (C=O) groups is 2. The van der Waals surface area contributed by atoms with Gasteiger partial charge >= 0.3 is 0 Å². The van der Waals surface area contributed by atoms with Crippen LogP contribution in [0.25, 0.3) is 0 Å². The largest absolute Gasteiger partial charge is 0.481 e. The van der Waals surface area contributed by atoms with E-state index in [0.29, 0.717) is 31.8 Å². The molecule has 1 saturated carbocycles. The van der Waals surface area contributed by atoms with Gasteiger partial charge in [0.15, 0.2) is 6.10 Å². The first-order valence-corrected chi connectivity index (χ1v) is 12.8. The van der Waals surface area contributed by atoms with Crippen molar-refractivity contribution >= 4 is 11.8 Å². The Kier molecular flexibility index (Phi) is 6.78. The fourth-order valence-electron chi connectivity index (χ4n) is 5.18. The zero-order valence-electron chi connectivity index (χ0n) is 20.6. The minimum Gasteiger partial charge on any atom is -0.481 e. The molecule has 5 rings (SSSR count). The minimum absolute atomic E-state index is 0.0268. The molecule has 0 bridgehead atoms. The van der Waals surface area contributed by atoms with Crippen LogP contribution < -0.4 is 4.74 Å². The monoisotopic (exact) mass is 479 g/mol. The van der Waals surface area contributed by atoms with Crippen LogP contribution in [0.3, 0.4) is 0 Å². The highest BCUT2D eigenvalue weighted by Gasteiger charge is 2.39. The lowest BCUT2D eigenvalue weighted by Crippen LogP contribution is -2.51. The number of fused-ring (bicyclic) bond motifs is 1. The SMILES string of the molecule is CCC(Oc1ccc2c(c1)C(c1ccc(F)cc1)N(C(=O)C1CC1)CC2)C(=O)N1CCN(C)CC1. The molecule has 2 heterocycles. The summed E-state index contributed by atoms with van der Waals surface area (Å²) >= 11 is 0. The molecule has 2 amide bonds. The van der Waals surface area contributed by atoms with Gasteiger partial charge in [-0.05, 0) is 73.7 Å². The molecular formula is C28H34FN3O3. The Morgan fingerprint density at radius 3 is 2.40 bits per heavy atom. The third-order valence-corrected chi connectivity index (χ3v) is 7.48. The lowest BCUT2D eigenvalue weighted by molar-refractivity contribution is -0.140. The van der Waals surface area contributed by atoms with Crippen molar-refractivity contribution < 1.29 is 18.7 Å². The fourth-order valence-corrected chi connectivity index (χ4v) is 5.18. The summed E-state index contributed by atoms with van der Waals surface area (Å²) in [6, 6.07) is 12.1. The number of hydrogen-bond donors (Lipinski definition) is 0. The number of nitrogens with zero attached hydrogens (tertiary/aromatic N) is 3. The first-order valence-electron chi connectivity index (χ1n) is 12.8. The predicted octanol–water partition coefficient (Wildman–Crippen LogP) is 3.64. The first-order chi connectivity index (χ1) is 16.9. The molecule has 2 fully saturated rings. The molecular weight excluding hydrogens is 445 g/mol. The van der Waals surface area contributed by atoms with Crippen molar-refractivity contribution in [3.05, 3.63) is 65.0 Å². The molecule has 35 heavy (non-hydrogen) atoms. The Bertz CT molecular complexity index is 1080. The minimum atomic E-state index is -0.548. The van der Waals surface area contributed by atoms with Crippen LogP contribution in [0, 0.1) is 11.7 Å². The van der Waals surface area contributed by atoms with Gasteiger partial charge in [-0.15, -0.1) is 0 Å². The summed E-state index contributed by atoms with van der Waals surface area (Å²) in [6.07, 6.45) is 2.68. The van der Waals surface area contributed by atoms with E-state index in [1.54, 1.807) is 12.1 Å². The maximum atomic E-state index is 13.7. The number of hydrogen-bond acceptors (Lipinski definition) is 4. The number of carbonyl (C=O) groups excluding carboxylic acids is 2. The van der Waals surface area contributed by atoms with E-state index >= 15 is 0 Å². The highest BCUT2D eigenvalue weighted by atomic mass is 19.1. The van der Waals surface area contributed by atoms with E-state index in [0.717, 1.165) is 49.0 Å². The van der Waals surface area contributed by atoms with Crippen LogP contribution in [0.1, 0.15) is 48.9 Å². The zero-order chi connectivity index (χ0) is 24.5. The lowest BCUT2D eigenvalue weighted by atomic mass is 9.87. The zero-order valence-corrected chi connectivity index (χ0v) is 20.6. The Balaban J connectivity index is 1.42. The molecule has 7 heteroatoms. The number of ether oxygens (including phenoxy) is 1. The van der Waals surface area contributed by atoms with Crippen LogP contribution in [0.2, 0.25) is 0 Å². The maximum Gasteiger partial charge on any atom is 0.263 e. The molecule has 3 aliphatic rings. The predicted molar refractivity (Wildman–Crippen MR) is 132 cm³/mol. The van der Waals surface area contributed by atoms with E-state index in [2.05, 4.69) is 11.9 Å². The molecule has 1 aliphatic carbocycles. The summed E-state index contributed by atoms with van der Waals surface area (Å²) in [5.41, 5.74) is 3.04. The van der Waals surface area contributed by atoms with E-state index < -0.39 is 6.10 Å². The van der Waals surface area contributed by atoms with Gasteiger partial charge in [-0.25, -0.2) is 4.39 Å². The van der Waals surface area contributed by atoms with Crippen LogP contribution in [-0.2, 0) is 16.0 Å². The van der Waals surface area contributed by atoms with Crippen LogP contribution >= 0.6 is 0 Å². The molecule has 6 nitrogen and oxygen atoms in total. The molecule has 0 aromatic heterocycles. The second kappa shape index (κ2) is 9.97. The van der Waals surface area contributed by atoms with Gasteiger partial charge in [-0.3, -0.25) is 9.59 Å². The van der Waals surface area contributed by atoms with E-state index in [1.165, 1.54) is 12.1 Å². The topological polar surface area (TPSA) is 53.1 Å². The summed E-state index contributed by atoms with van der Waals surface area (Å²) in [6.45, 7) is 5.77. The normalized spacial score (nSPS) is 21.4. The third-order valence-electron chi connectivity index (χ3n) is 7.48. The molecule has 0 radical (unpaired) electrons. The number of benzene rings is 2. The van der Waals surface area contributed by atoms with Gasteiger partial charge in [-0.1, -0.05) is 25.1 Å². The summed E-state index contributed by atoms with van der Waals surface area (Å²) in [5.74, 6) is 0.637. The average Bonchev–Trinajstić information content (AvgIpc) is 3.72. The molecule has 0 N–H and O–H groups in total. The molecule has 2 aromatic rings. The molecule has 2 aromatic carbocycles. The van der Waals surface area contributed by atoms with Crippen LogP contribution in [0.15, 0.2) is 42.5 Å². The molecule has 2 aliphatic heterocycles. The van der Waals surface area contributed by atoms with Gasteiger partial charge in [-0.2, -0.15) is 0 Å². The summed E-state index contributed by atoms with van der Waals surface area (Å²) in [7, 11) is 2.07. The van der Waals surface area contributed by atoms with Crippen molar-refractivity contribution in [1.82, 2.24) is 14.7 Å². The van der Waals surface area contributed by atoms with Gasteiger partial charge in [0.1, 0.15) is 11.6 Å². The standard InChI is InChI=1S/C28H34FN3O3/c1-3-25(28(34)31-16-14-30(2)15-17-31)35-23-11-8-19-12-13-32(27(33)21-4-5-21)26(24(19)18-23)20-6-9-22(29)10-7-20/h6-11,18,21,25-26H,3-5,12-17H2,1-2H3. The van der Waals surface area contributed by atoms with Crippen molar-refractivity contribution in [2.45, 2.75) is 44.8 Å². The Labute approximate surface area is 206 Å². The molecule has 2 atom stereocenters. The quantitative estimate of drug-likeness (QED) is 0.635. The van der Waals surface area contributed by atoms with Gasteiger partial charge in [0.2, 0.25) is 5.91 Å². The number of rotatable bonds is 6. The van der Waals surface area contributed by atoms with E-state index in [-0.39, 0.29) is 29.6 Å². The molecule has 0 spiro atoms. The van der Waals surface area contributed by atoms with Gasteiger partial charge in [0, 0.05) is 38.6 Å². The van der Waals surface area contributed by atoms with Crippen LogP contribution in [0.5, 0.6) is 5.75 Å². The van der Waals surface area contributed by atoms with E-state index in [9.17, 15) is 14.0 Å². The lowest BCUT2D eigenvalue weighted by Gasteiger charge is -2.38. The Morgan fingerprint density at radius 2 is 1.74 bits per heavy atom. The Hall–Kier alpha value is -2.93. The fraction of sp³-hybridized carbons (Fsp3) is 0.500.